The van der Waals surface area contributed by atoms with Crippen LogP contribution in [0.4, 0.5) is 0 Å². The lowest BCUT2D eigenvalue weighted by Gasteiger charge is -2.34. The van der Waals surface area contributed by atoms with E-state index in [2.05, 4.69) is 16.3 Å². The number of aromatic nitrogens is 2. The first kappa shape index (κ1) is 14.5. The maximum Gasteiger partial charge on any atom is 0.227 e. The number of halogens is 1. The van der Waals surface area contributed by atoms with E-state index in [1.165, 1.54) is 0 Å². The van der Waals surface area contributed by atoms with Crippen LogP contribution in [-0.2, 0) is 10.2 Å². The van der Waals surface area contributed by atoms with Crippen LogP contribution >= 0.6 is 11.6 Å². The lowest BCUT2D eigenvalue weighted by molar-refractivity contribution is 0.0539. The van der Waals surface area contributed by atoms with Gasteiger partial charge in [0, 0.05) is 24.2 Å². The van der Waals surface area contributed by atoms with Crippen molar-refractivity contribution in [2.75, 3.05) is 13.2 Å². The quantitative estimate of drug-likeness (QED) is 0.861. The first-order valence-corrected chi connectivity index (χ1v) is 7.67. The summed E-state index contributed by atoms with van der Waals surface area (Å²) in [5, 5.41) is 9.24. The molecule has 0 spiro atoms. The minimum absolute atomic E-state index is 0.225. The topological polar surface area (TPSA) is 48.2 Å². The largest absolute Gasteiger partial charge is 0.424 e. The molecule has 0 saturated carbocycles. The van der Waals surface area contributed by atoms with Gasteiger partial charge in [-0.15, -0.1) is 10.2 Å². The van der Waals surface area contributed by atoms with Crippen molar-refractivity contribution in [3.63, 3.8) is 0 Å². The van der Waals surface area contributed by atoms with Gasteiger partial charge in [0.15, 0.2) is 0 Å². The molecule has 2 heterocycles. The average molecular weight is 307 g/mol. The van der Waals surface area contributed by atoms with Crippen molar-refractivity contribution in [3.8, 4) is 0 Å². The van der Waals surface area contributed by atoms with Gasteiger partial charge in [0.1, 0.15) is 0 Å². The van der Waals surface area contributed by atoms with Gasteiger partial charge in [0.2, 0.25) is 11.8 Å². The van der Waals surface area contributed by atoms with Crippen molar-refractivity contribution in [1.82, 2.24) is 10.2 Å². The number of benzene rings is 1. The predicted octanol–water partition coefficient (Wildman–Crippen LogP) is 3.94. The maximum atomic E-state index is 6.17. The van der Waals surface area contributed by atoms with Crippen molar-refractivity contribution in [2.45, 2.75) is 38.0 Å². The Labute approximate surface area is 129 Å². The van der Waals surface area contributed by atoms with Crippen LogP contribution in [0.15, 0.2) is 28.7 Å². The molecule has 0 atom stereocenters. The third kappa shape index (κ3) is 2.70. The fraction of sp³-hybridized carbons (Fsp3) is 0.500. The van der Waals surface area contributed by atoms with Crippen LogP contribution in [0.2, 0.25) is 5.02 Å². The van der Waals surface area contributed by atoms with E-state index in [-0.39, 0.29) is 11.3 Å². The fourth-order valence-corrected chi connectivity index (χ4v) is 2.98. The number of hydrogen-bond acceptors (Lipinski definition) is 4. The Hall–Kier alpha value is -1.39. The molecule has 1 aromatic carbocycles. The monoisotopic (exact) mass is 306 g/mol. The second-order valence-electron chi connectivity index (χ2n) is 5.80. The SMILES string of the molecule is CC(C)c1nnc(C2(c3cccc(Cl)c3)CCOCC2)o1. The molecule has 0 N–H and O–H groups in total. The molecule has 5 heteroatoms. The summed E-state index contributed by atoms with van der Waals surface area (Å²) in [6, 6.07) is 7.92. The average Bonchev–Trinajstić information content (AvgIpc) is 2.98. The highest BCUT2D eigenvalue weighted by atomic mass is 35.5. The number of hydrogen-bond donors (Lipinski definition) is 0. The molecule has 2 aromatic rings. The molecule has 0 amide bonds. The third-order valence-corrected chi connectivity index (χ3v) is 4.30. The maximum absolute atomic E-state index is 6.17. The first-order chi connectivity index (χ1) is 10.1. The van der Waals surface area contributed by atoms with Gasteiger partial charge in [0.25, 0.3) is 0 Å². The Balaban J connectivity index is 2.07. The van der Waals surface area contributed by atoms with Gasteiger partial charge in [-0.1, -0.05) is 37.6 Å². The highest BCUT2D eigenvalue weighted by Gasteiger charge is 2.41. The molecule has 0 aliphatic carbocycles. The summed E-state index contributed by atoms with van der Waals surface area (Å²) in [5.74, 6) is 1.58. The summed E-state index contributed by atoms with van der Waals surface area (Å²) in [6.07, 6.45) is 1.65. The highest BCUT2D eigenvalue weighted by molar-refractivity contribution is 6.30. The summed E-state index contributed by atoms with van der Waals surface area (Å²) in [6.45, 7) is 5.47. The molecule has 1 aliphatic heterocycles. The van der Waals surface area contributed by atoms with E-state index in [1.54, 1.807) is 0 Å². The van der Waals surface area contributed by atoms with E-state index in [0.717, 1.165) is 23.4 Å². The van der Waals surface area contributed by atoms with Crippen molar-refractivity contribution >= 4 is 11.6 Å². The molecule has 4 nitrogen and oxygen atoms in total. The number of ether oxygens (including phenoxy) is 1. The number of nitrogens with zero attached hydrogens (tertiary/aromatic N) is 2. The molecule has 1 saturated heterocycles. The summed E-state index contributed by atoms with van der Waals surface area (Å²) in [5.41, 5.74) is 0.834. The van der Waals surface area contributed by atoms with Crippen LogP contribution in [0.25, 0.3) is 0 Å². The Morgan fingerprint density at radius 1 is 1.19 bits per heavy atom. The third-order valence-electron chi connectivity index (χ3n) is 4.07. The zero-order valence-corrected chi connectivity index (χ0v) is 13.1. The Morgan fingerprint density at radius 3 is 2.57 bits per heavy atom. The van der Waals surface area contributed by atoms with E-state index in [4.69, 9.17) is 20.8 Å². The van der Waals surface area contributed by atoms with Gasteiger partial charge in [-0.25, -0.2) is 0 Å². The molecule has 1 aromatic heterocycles. The second-order valence-corrected chi connectivity index (χ2v) is 6.24. The molecular weight excluding hydrogens is 288 g/mol. The van der Waals surface area contributed by atoms with E-state index in [9.17, 15) is 0 Å². The summed E-state index contributed by atoms with van der Waals surface area (Å²) in [7, 11) is 0. The van der Waals surface area contributed by atoms with E-state index in [0.29, 0.717) is 25.0 Å². The first-order valence-electron chi connectivity index (χ1n) is 7.29. The zero-order chi connectivity index (χ0) is 14.9. The second kappa shape index (κ2) is 5.78. The van der Waals surface area contributed by atoms with Crippen molar-refractivity contribution < 1.29 is 9.15 Å². The van der Waals surface area contributed by atoms with Gasteiger partial charge in [0.05, 0.1) is 5.41 Å². The van der Waals surface area contributed by atoms with Crippen LogP contribution in [0, 0.1) is 0 Å². The van der Waals surface area contributed by atoms with Crippen LogP contribution < -0.4 is 0 Å². The Bertz CT molecular complexity index is 618. The van der Waals surface area contributed by atoms with E-state index >= 15 is 0 Å². The van der Waals surface area contributed by atoms with Gasteiger partial charge >= 0.3 is 0 Å². The fourth-order valence-electron chi connectivity index (χ4n) is 2.79. The lowest BCUT2D eigenvalue weighted by atomic mass is 9.74. The molecule has 3 rings (SSSR count). The summed E-state index contributed by atoms with van der Waals surface area (Å²) >= 11 is 6.17. The highest BCUT2D eigenvalue weighted by Crippen LogP contribution is 2.41. The molecule has 1 aliphatic rings. The molecular formula is C16H19ClN2O2. The lowest BCUT2D eigenvalue weighted by Crippen LogP contribution is -2.35. The molecule has 21 heavy (non-hydrogen) atoms. The van der Waals surface area contributed by atoms with Gasteiger partial charge in [-0.2, -0.15) is 0 Å². The normalized spacial score (nSPS) is 18.1. The Kier molecular flexibility index (Phi) is 4.00. The van der Waals surface area contributed by atoms with Gasteiger partial charge in [-0.3, -0.25) is 0 Å². The van der Waals surface area contributed by atoms with E-state index in [1.807, 2.05) is 32.0 Å². The van der Waals surface area contributed by atoms with Crippen LogP contribution in [0.1, 0.15) is 50.0 Å². The van der Waals surface area contributed by atoms with Gasteiger partial charge in [-0.05, 0) is 30.5 Å². The molecule has 0 radical (unpaired) electrons. The van der Waals surface area contributed by atoms with Crippen molar-refractivity contribution in [1.29, 1.82) is 0 Å². The number of rotatable bonds is 3. The van der Waals surface area contributed by atoms with Crippen molar-refractivity contribution in [3.05, 3.63) is 46.6 Å². The molecule has 112 valence electrons. The van der Waals surface area contributed by atoms with Crippen LogP contribution in [0.5, 0.6) is 0 Å². The van der Waals surface area contributed by atoms with E-state index < -0.39 is 0 Å². The predicted molar refractivity (Wildman–Crippen MR) is 80.7 cm³/mol. The molecule has 0 bridgehead atoms. The van der Waals surface area contributed by atoms with Crippen molar-refractivity contribution in [2.24, 2.45) is 0 Å². The van der Waals surface area contributed by atoms with Gasteiger partial charge < -0.3 is 9.15 Å². The minimum atomic E-state index is -0.288. The smallest absolute Gasteiger partial charge is 0.227 e. The Morgan fingerprint density at radius 2 is 1.95 bits per heavy atom. The van der Waals surface area contributed by atoms with Crippen LogP contribution in [0.3, 0.4) is 0 Å². The summed E-state index contributed by atoms with van der Waals surface area (Å²) in [4.78, 5) is 0. The minimum Gasteiger partial charge on any atom is -0.424 e. The molecule has 0 unspecified atom stereocenters. The molecule has 1 fully saturated rings. The summed E-state index contributed by atoms with van der Waals surface area (Å²) < 4.78 is 11.5. The standard InChI is InChI=1S/C16H19ClN2O2/c1-11(2)14-18-19-15(21-14)16(6-8-20-9-7-16)12-4-3-5-13(17)10-12/h3-5,10-11H,6-9H2,1-2H3. The van der Waals surface area contributed by atoms with Crippen LogP contribution in [-0.4, -0.2) is 23.4 Å². The zero-order valence-electron chi connectivity index (χ0n) is 12.3.